The fraction of sp³-hybridized carbons (Fsp3) is 0.167. The molecule has 0 fully saturated rings. The Bertz CT molecular complexity index is 612. The van der Waals surface area contributed by atoms with Crippen LogP contribution in [0.2, 0.25) is 0 Å². The van der Waals surface area contributed by atoms with E-state index in [1.807, 2.05) is 34.6 Å². The zero-order valence-electron chi connectivity index (χ0n) is 9.59. The number of aromatic nitrogens is 1. The second-order valence-electron chi connectivity index (χ2n) is 3.74. The van der Waals surface area contributed by atoms with Gasteiger partial charge < -0.3 is 9.40 Å². The average molecular weight is 244 g/mol. The second kappa shape index (κ2) is 5.31. The van der Waals surface area contributed by atoms with Gasteiger partial charge in [-0.1, -0.05) is 5.59 Å². The highest BCUT2D eigenvalue weighted by Gasteiger charge is 2.06. The smallest absolute Gasteiger partial charge is 0.328 e. The lowest BCUT2D eigenvalue weighted by Gasteiger charge is -2.05. The number of rotatable bonds is 4. The summed E-state index contributed by atoms with van der Waals surface area (Å²) in [4.78, 5) is 15.6. The van der Waals surface area contributed by atoms with Crippen LogP contribution in [-0.4, -0.2) is 10.5 Å². The first-order valence-corrected chi connectivity index (χ1v) is 5.39. The Morgan fingerprint density at radius 2 is 2.33 bits per heavy atom. The minimum atomic E-state index is -0.423. The number of carbonyl (C=O) groups excluding carboxylic acids is 1. The van der Waals surface area contributed by atoms with Gasteiger partial charge in [0.1, 0.15) is 0 Å². The Balaban J connectivity index is 2.15. The van der Waals surface area contributed by atoms with Crippen LogP contribution in [0.3, 0.4) is 0 Å². The number of nitrogens with zero attached hydrogens (tertiary/aromatic N) is 2. The van der Waals surface area contributed by atoms with Crippen molar-refractivity contribution in [3.63, 3.8) is 0 Å². The number of hydrogen-bond acceptors (Lipinski definition) is 5. The van der Waals surface area contributed by atoms with Crippen LogP contribution in [0.15, 0.2) is 30.5 Å². The van der Waals surface area contributed by atoms with Gasteiger partial charge in [0.2, 0.25) is 0 Å². The number of fused-ring (bicyclic) bond motifs is 1. The maximum Gasteiger partial charge on any atom is 0.328 e. The third kappa shape index (κ3) is 2.48. The van der Waals surface area contributed by atoms with Crippen LogP contribution in [0, 0.1) is 11.3 Å². The number of aryl methyl sites for hydroxylation is 1. The fourth-order valence-corrected chi connectivity index (χ4v) is 1.79. The Morgan fingerprint density at radius 1 is 1.50 bits per heavy atom. The molecular weight excluding hydrogens is 232 g/mol. The third-order valence-electron chi connectivity index (χ3n) is 2.63. The van der Waals surface area contributed by atoms with Crippen LogP contribution in [0.4, 0.5) is 0 Å². The first kappa shape index (κ1) is 12.1. The number of nitriles is 1. The van der Waals surface area contributed by atoms with E-state index in [0.717, 1.165) is 10.9 Å². The molecule has 2 rings (SSSR count). The number of nitrogens with one attached hydrogen (secondary N) is 1. The molecule has 0 spiro atoms. The van der Waals surface area contributed by atoms with E-state index in [4.69, 9.17) is 11.1 Å². The predicted octanol–water partition coefficient (Wildman–Crippen LogP) is 0.825. The van der Waals surface area contributed by atoms with E-state index in [1.165, 1.54) is 0 Å². The molecule has 0 unspecified atom stereocenters. The number of benzene rings is 1. The summed E-state index contributed by atoms with van der Waals surface area (Å²) in [7, 11) is 0. The second-order valence-corrected chi connectivity index (χ2v) is 3.74. The monoisotopic (exact) mass is 244 g/mol. The zero-order chi connectivity index (χ0) is 13.0. The van der Waals surface area contributed by atoms with Crippen molar-refractivity contribution in [2.75, 3.05) is 0 Å². The van der Waals surface area contributed by atoms with Crippen LogP contribution < -0.4 is 11.4 Å². The van der Waals surface area contributed by atoms with Crippen LogP contribution >= 0.6 is 0 Å². The minimum Gasteiger partial charge on any atom is -0.356 e. The zero-order valence-corrected chi connectivity index (χ0v) is 9.59. The molecule has 0 bridgehead atoms. The maximum absolute atomic E-state index is 11.2. The van der Waals surface area contributed by atoms with Gasteiger partial charge in [0, 0.05) is 23.6 Å². The Kier molecular flexibility index (Phi) is 3.57. The van der Waals surface area contributed by atoms with Crippen LogP contribution in [0.5, 0.6) is 0 Å². The quantitative estimate of drug-likeness (QED) is 0.613. The van der Waals surface area contributed by atoms with Gasteiger partial charge in [0.05, 0.1) is 18.1 Å². The highest BCUT2D eigenvalue weighted by atomic mass is 16.7. The lowest BCUT2D eigenvalue weighted by Crippen LogP contribution is -2.26. The van der Waals surface area contributed by atoms with Crippen molar-refractivity contribution < 1.29 is 9.63 Å². The number of nitrogens with two attached hydrogens (primary N) is 1. The van der Waals surface area contributed by atoms with Gasteiger partial charge in [0.15, 0.2) is 0 Å². The fourth-order valence-electron chi connectivity index (χ4n) is 1.79. The first-order valence-electron chi connectivity index (χ1n) is 5.39. The Labute approximate surface area is 103 Å². The predicted molar refractivity (Wildman–Crippen MR) is 64.7 cm³/mol. The summed E-state index contributed by atoms with van der Waals surface area (Å²) in [6.07, 6.45) is 2.09. The summed E-state index contributed by atoms with van der Waals surface area (Å²) in [6, 6.07) is 9.42. The van der Waals surface area contributed by atoms with E-state index in [-0.39, 0.29) is 6.42 Å². The Hall–Kier alpha value is -2.36. The van der Waals surface area contributed by atoms with E-state index in [1.54, 1.807) is 6.07 Å². The molecule has 0 amide bonds. The molecule has 0 radical (unpaired) electrons. The van der Waals surface area contributed by atoms with Crippen molar-refractivity contribution in [3.8, 4) is 6.07 Å². The molecule has 0 saturated heterocycles. The number of carbonyl (C=O) groups is 1. The highest BCUT2D eigenvalue weighted by molar-refractivity contribution is 5.81. The van der Waals surface area contributed by atoms with Crippen LogP contribution in [0.25, 0.3) is 10.9 Å². The van der Waals surface area contributed by atoms with Gasteiger partial charge in [0.25, 0.3) is 0 Å². The molecule has 0 aliphatic rings. The summed E-state index contributed by atoms with van der Waals surface area (Å²) < 4.78 is 1.92. The SMILES string of the molecule is N#Cc1ccc2c(ccn2CCC(=O)ONN)c1. The van der Waals surface area contributed by atoms with Gasteiger partial charge in [-0.05, 0) is 24.3 Å². The molecule has 1 aromatic heterocycles. The minimum absolute atomic E-state index is 0.216. The van der Waals surface area contributed by atoms with Crippen molar-refractivity contribution in [2.24, 2.45) is 5.84 Å². The van der Waals surface area contributed by atoms with Gasteiger partial charge in [-0.3, -0.25) is 4.79 Å². The first-order chi connectivity index (χ1) is 8.74. The van der Waals surface area contributed by atoms with Gasteiger partial charge in [-0.25, -0.2) is 5.84 Å². The molecular formula is C12H12N4O2. The largest absolute Gasteiger partial charge is 0.356 e. The van der Waals surface area contributed by atoms with Crippen molar-refractivity contribution >= 4 is 16.9 Å². The molecule has 18 heavy (non-hydrogen) atoms. The Morgan fingerprint density at radius 3 is 3.06 bits per heavy atom. The normalized spacial score (nSPS) is 10.2. The molecule has 0 aliphatic carbocycles. The molecule has 0 saturated carbocycles. The summed E-state index contributed by atoms with van der Waals surface area (Å²) in [6.45, 7) is 0.496. The molecule has 1 aromatic carbocycles. The number of hydrogen-bond donors (Lipinski definition) is 2. The average Bonchev–Trinajstić information content (AvgIpc) is 2.78. The molecule has 6 heteroatoms. The van der Waals surface area contributed by atoms with E-state index >= 15 is 0 Å². The van der Waals surface area contributed by atoms with E-state index < -0.39 is 5.97 Å². The molecule has 3 N–H and O–H groups in total. The lowest BCUT2D eigenvalue weighted by atomic mass is 10.2. The van der Waals surface area contributed by atoms with Gasteiger partial charge in [-0.15, -0.1) is 0 Å². The highest BCUT2D eigenvalue weighted by Crippen LogP contribution is 2.17. The summed E-state index contributed by atoms with van der Waals surface area (Å²) >= 11 is 0. The van der Waals surface area contributed by atoms with Crippen LogP contribution in [0.1, 0.15) is 12.0 Å². The maximum atomic E-state index is 11.2. The topological polar surface area (TPSA) is 93.1 Å². The van der Waals surface area contributed by atoms with Gasteiger partial charge in [-0.2, -0.15) is 5.26 Å². The molecule has 1 heterocycles. The van der Waals surface area contributed by atoms with Gasteiger partial charge >= 0.3 is 5.97 Å². The van der Waals surface area contributed by atoms with Crippen LogP contribution in [-0.2, 0) is 16.2 Å². The summed E-state index contributed by atoms with van der Waals surface area (Å²) in [5, 5.41) is 9.77. The summed E-state index contributed by atoms with van der Waals surface area (Å²) in [5.41, 5.74) is 3.45. The molecule has 0 aliphatic heterocycles. The van der Waals surface area contributed by atoms with Crippen molar-refractivity contribution in [2.45, 2.75) is 13.0 Å². The van der Waals surface area contributed by atoms with E-state index in [9.17, 15) is 4.79 Å². The standard InChI is InChI=1S/C12H12N4O2/c13-8-9-1-2-11-10(7-9)3-5-16(11)6-4-12(17)18-15-14/h1-3,5,7,15H,4,6,14H2. The third-order valence-corrected chi connectivity index (χ3v) is 2.63. The molecule has 92 valence electrons. The number of hydrazine groups is 1. The van der Waals surface area contributed by atoms with E-state index in [2.05, 4.69) is 10.9 Å². The van der Waals surface area contributed by atoms with Crippen molar-refractivity contribution in [3.05, 3.63) is 36.0 Å². The lowest BCUT2D eigenvalue weighted by molar-refractivity contribution is -0.151. The van der Waals surface area contributed by atoms with Crippen molar-refractivity contribution in [1.29, 1.82) is 5.26 Å². The van der Waals surface area contributed by atoms with E-state index in [0.29, 0.717) is 12.1 Å². The molecule has 6 nitrogen and oxygen atoms in total. The van der Waals surface area contributed by atoms with Crippen molar-refractivity contribution in [1.82, 2.24) is 10.2 Å². The molecule has 2 aromatic rings. The molecule has 0 atom stereocenters. The summed E-state index contributed by atoms with van der Waals surface area (Å²) in [5.74, 6) is 4.45.